The lowest BCUT2D eigenvalue weighted by Crippen LogP contribution is -2.42. The SMILES string of the molecule is COc1ccc(-c2noc3ncnc(N4CCC(C(=O)NCCN5CCCC5)CC4)c23)cc1. The van der Waals surface area contributed by atoms with Gasteiger partial charge in [0.1, 0.15) is 29.0 Å². The van der Waals surface area contributed by atoms with Crippen molar-refractivity contribution in [1.29, 1.82) is 0 Å². The predicted octanol–water partition coefficient (Wildman–Crippen LogP) is 2.72. The Kier molecular flexibility index (Phi) is 6.39. The molecule has 0 atom stereocenters. The number of piperidine rings is 1. The van der Waals surface area contributed by atoms with Gasteiger partial charge in [0, 0.05) is 37.7 Å². The van der Waals surface area contributed by atoms with E-state index in [1.165, 1.54) is 19.2 Å². The van der Waals surface area contributed by atoms with E-state index in [-0.39, 0.29) is 11.8 Å². The summed E-state index contributed by atoms with van der Waals surface area (Å²) in [6.45, 7) is 5.50. The monoisotopic (exact) mass is 450 g/mol. The number of carbonyl (C=O) groups excluding carboxylic acids is 1. The highest BCUT2D eigenvalue weighted by Gasteiger charge is 2.28. The highest BCUT2D eigenvalue weighted by molar-refractivity contribution is 5.98. The van der Waals surface area contributed by atoms with E-state index in [9.17, 15) is 4.79 Å². The van der Waals surface area contributed by atoms with Crippen LogP contribution in [0.25, 0.3) is 22.4 Å². The number of methoxy groups -OCH3 is 1. The van der Waals surface area contributed by atoms with Crippen LogP contribution in [-0.2, 0) is 4.79 Å². The maximum Gasteiger partial charge on any atom is 0.263 e. The summed E-state index contributed by atoms with van der Waals surface area (Å²) in [6, 6.07) is 7.69. The minimum absolute atomic E-state index is 0.0423. The van der Waals surface area contributed by atoms with E-state index in [1.54, 1.807) is 7.11 Å². The second-order valence-corrected chi connectivity index (χ2v) is 8.74. The number of nitrogens with zero attached hydrogens (tertiary/aromatic N) is 5. The summed E-state index contributed by atoms with van der Waals surface area (Å²) in [7, 11) is 1.64. The van der Waals surface area contributed by atoms with Crippen molar-refractivity contribution >= 4 is 22.8 Å². The number of hydrogen-bond acceptors (Lipinski definition) is 8. The van der Waals surface area contributed by atoms with Crippen molar-refractivity contribution in [1.82, 2.24) is 25.3 Å². The number of amides is 1. The van der Waals surface area contributed by atoms with Crippen LogP contribution in [0.15, 0.2) is 35.1 Å². The summed E-state index contributed by atoms with van der Waals surface area (Å²) in [5, 5.41) is 8.21. The standard InChI is InChI=1S/C24H30N6O3/c1-32-19-6-4-17(5-7-19)21-20-22(26-16-27-24(20)33-28-21)30-13-8-18(9-14-30)23(31)25-10-15-29-11-2-3-12-29/h4-7,16,18H,2-3,8-15H2,1H3,(H,25,31). The van der Waals surface area contributed by atoms with Crippen LogP contribution in [0.4, 0.5) is 5.82 Å². The Balaban J connectivity index is 1.25. The van der Waals surface area contributed by atoms with Crippen LogP contribution in [-0.4, -0.2) is 72.3 Å². The Morgan fingerprint density at radius 3 is 2.61 bits per heavy atom. The molecule has 2 aliphatic rings. The molecule has 4 heterocycles. The van der Waals surface area contributed by atoms with E-state index in [1.807, 2.05) is 24.3 Å². The molecule has 9 nitrogen and oxygen atoms in total. The zero-order valence-corrected chi connectivity index (χ0v) is 19.0. The van der Waals surface area contributed by atoms with Gasteiger partial charge in [-0.3, -0.25) is 4.79 Å². The number of anilines is 1. The Labute approximate surface area is 193 Å². The van der Waals surface area contributed by atoms with Crippen LogP contribution < -0.4 is 15.0 Å². The molecule has 0 radical (unpaired) electrons. The smallest absolute Gasteiger partial charge is 0.263 e. The largest absolute Gasteiger partial charge is 0.497 e. The molecule has 0 bridgehead atoms. The molecule has 5 rings (SSSR count). The molecule has 0 aliphatic carbocycles. The summed E-state index contributed by atoms with van der Waals surface area (Å²) in [5.41, 5.74) is 2.09. The average molecular weight is 451 g/mol. The Bertz CT molecular complexity index is 1090. The Morgan fingerprint density at radius 2 is 1.88 bits per heavy atom. The highest BCUT2D eigenvalue weighted by Crippen LogP contribution is 2.35. The van der Waals surface area contributed by atoms with Gasteiger partial charge in [-0.05, 0) is 63.0 Å². The minimum Gasteiger partial charge on any atom is -0.497 e. The van der Waals surface area contributed by atoms with Crippen molar-refractivity contribution in [3.63, 3.8) is 0 Å². The van der Waals surface area contributed by atoms with Gasteiger partial charge in [-0.1, -0.05) is 5.16 Å². The summed E-state index contributed by atoms with van der Waals surface area (Å²) in [6.07, 6.45) is 5.65. The maximum atomic E-state index is 12.7. The molecule has 9 heteroatoms. The highest BCUT2D eigenvalue weighted by atomic mass is 16.5. The minimum atomic E-state index is 0.0423. The molecule has 2 saturated heterocycles. The van der Waals surface area contributed by atoms with Gasteiger partial charge >= 0.3 is 0 Å². The molecule has 2 aromatic heterocycles. The first-order chi connectivity index (χ1) is 16.2. The second-order valence-electron chi connectivity index (χ2n) is 8.74. The molecular weight excluding hydrogens is 420 g/mol. The van der Waals surface area contributed by atoms with Gasteiger partial charge in [-0.2, -0.15) is 4.98 Å². The van der Waals surface area contributed by atoms with Crippen molar-refractivity contribution in [3.8, 4) is 17.0 Å². The summed E-state index contributed by atoms with van der Waals surface area (Å²) in [5.74, 6) is 1.80. The summed E-state index contributed by atoms with van der Waals surface area (Å²) in [4.78, 5) is 26.1. The van der Waals surface area contributed by atoms with Gasteiger partial charge in [0.2, 0.25) is 5.91 Å². The van der Waals surface area contributed by atoms with E-state index >= 15 is 0 Å². The molecule has 0 saturated carbocycles. The predicted molar refractivity (Wildman–Crippen MR) is 125 cm³/mol. The van der Waals surface area contributed by atoms with Crippen molar-refractivity contribution in [3.05, 3.63) is 30.6 Å². The molecule has 174 valence electrons. The van der Waals surface area contributed by atoms with Gasteiger partial charge < -0.3 is 24.4 Å². The zero-order chi connectivity index (χ0) is 22.6. The number of fused-ring (bicyclic) bond motifs is 1. The van der Waals surface area contributed by atoms with Crippen LogP contribution in [0.3, 0.4) is 0 Å². The van der Waals surface area contributed by atoms with Crippen LogP contribution in [0.5, 0.6) is 5.75 Å². The molecule has 2 fully saturated rings. The molecule has 1 amide bonds. The van der Waals surface area contributed by atoms with Gasteiger partial charge in [0.15, 0.2) is 0 Å². The topological polar surface area (TPSA) is 96.6 Å². The van der Waals surface area contributed by atoms with E-state index in [0.717, 1.165) is 74.6 Å². The number of aromatic nitrogens is 3. The van der Waals surface area contributed by atoms with Gasteiger partial charge in [-0.25, -0.2) is 4.98 Å². The van der Waals surface area contributed by atoms with Gasteiger partial charge in [0.05, 0.1) is 7.11 Å². The number of carbonyl (C=O) groups is 1. The van der Waals surface area contributed by atoms with Crippen molar-refractivity contribution in [2.75, 3.05) is 51.3 Å². The molecule has 1 aromatic carbocycles. The number of likely N-dealkylation sites (tertiary alicyclic amines) is 1. The lowest BCUT2D eigenvalue weighted by molar-refractivity contribution is -0.125. The number of ether oxygens (including phenoxy) is 1. The van der Waals surface area contributed by atoms with E-state index < -0.39 is 0 Å². The molecule has 2 aliphatic heterocycles. The lowest BCUT2D eigenvalue weighted by atomic mass is 9.95. The summed E-state index contributed by atoms with van der Waals surface area (Å²) >= 11 is 0. The van der Waals surface area contributed by atoms with E-state index in [2.05, 4.69) is 30.2 Å². The fourth-order valence-electron chi connectivity index (χ4n) is 4.80. The quantitative estimate of drug-likeness (QED) is 0.587. The third kappa shape index (κ3) is 4.64. The van der Waals surface area contributed by atoms with Crippen LogP contribution in [0, 0.1) is 5.92 Å². The summed E-state index contributed by atoms with van der Waals surface area (Å²) < 4.78 is 10.8. The third-order valence-electron chi connectivity index (χ3n) is 6.71. The lowest BCUT2D eigenvalue weighted by Gasteiger charge is -2.32. The van der Waals surface area contributed by atoms with Crippen LogP contribution >= 0.6 is 0 Å². The van der Waals surface area contributed by atoms with E-state index in [4.69, 9.17) is 9.26 Å². The number of hydrogen-bond donors (Lipinski definition) is 1. The number of nitrogens with one attached hydrogen (secondary N) is 1. The molecule has 0 unspecified atom stereocenters. The second kappa shape index (κ2) is 9.74. The molecule has 33 heavy (non-hydrogen) atoms. The first kappa shape index (κ1) is 21.6. The maximum absolute atomic E-state index is 12.7. The molecular formula is C24H30N6O3. The zero-order valence-electron chi connectivity index (χ0n) is 19.0. The van der Waals surface area contributed by atoms with Crippen molar-refractivity contribution in [2.45, 2.75) is 25.7 Å². The normalized spacial score (nSPS) is 17.5. The van der Waals surface area contributed by atoms with Crippen molar-refractivity contribution in [2.24, 2.45) is 5.92 Å². The first-order valence-electron chi connectivity index (χ1n) is 11.7. The van der Waals surface area contributed by atoms with Gasteiger partial charge in [0.25, 0.3) is 5.71 Å². The fourth-order valence-corrected chi connectivity index (χ4v) is 4.80. The third-order valence-corrected chi connectivity index (χ3v) is 6.71. The van der Waals surface area contributed by atoms with Gasteiger partial charge in [-0.15, -0.1) is 0 Å². The molecule has 3 aromatic rings. The number of benzene rings is 1. The first-order valence-corrected chi connectivity index (χ1v) is 11.7. The van der Waals surface area contributed by atoms with Crippen LogP contribution in [0.2, 0.25) is 0 Å². The van der Waals surface area contributed by atoms with Crippen LogP contribution in [0.1, 0.15) is 25.7 Å². The average Bonchev–Trinajstić information content (AvgIpc) is 3.54. The van der Waals surface area contributed by atoms with Crippen molar-refractivity contribution < 1.29 is 14.1 Å². The molecule has 1 N–H and O–H groups in total. The van der Waals surface area contributed by atoms with E-state index in [0.29, 0.717) is 11.4 Å². The fraction of sp³-hybridized carbons (Fsp3) is 0.500. The Morgan fingerprint density at radius 1 is 1.12 bits per heavy atom. The number of rotatable bonds is 7. The molecule has 0 spiro atoms. The Hall–Kier alpha value is -3.20.